The van der Waals surface area contributed by atoms with E-state index < -0.39 is 0 Å². The fourth-order valence-corrected chi connectivity index (χ4v) is 1.30. The maximum Gasteiger partial charge on any atom is 0.310 e. The lowest BCUT2D eigenvalue weighted by Gasteiger charge is -2.08. The Bertz CT molecular complexity index is 350. The Morgan fingerprint density at radius 3 is 2.80 bits per heavy atom. The van der Waals surface area contributed by atoms with Gasteiger partial charge in [0, 0.05) is 11.3 Å². The summed E-state index contributed by atoms with van der Waals surface area (Å²) < 4.78 is 9.97. The Morgan fingerprint density at radius 1 is 1.47 bits per heavy atom. The van der Waals surface area contributed by atoms with Gasteiger partial charge in [0.15, 0.2) is 0 Å². The van der Waals surface area contributed by atoms with Gasteiger partial charge in [-0.05, 0) is 25.1 Å². The second-order valence-corrected chi connectivity index (χ2v) is 3.05. The molecule has 0 unspecified atom stereocenters. The lowest BCUT2D eigenvalue weighted by molar-refractivity contribution is -0.142. The van der Waals surface area contributed by atoms with Gasteiger partial charge in [-0.2, -0.15) is 0 Å². The average Bonchev–Trinajstić information content (AvgIpc) is 2.18. The summed E-state index contributed by atoms with van der Waals surface area (Å²) in [5.74, 6) is 0.374. The number of nitrogens with two attached hydrogens (primary N) is 1. The van der Waals surface area contributed by atoms with Gasteiger partial charge in [0.1, 0.15) is 5.75 Å². The van der Waals surface area contributed by atoms with Crippen molar-refractivity contribution in [3.63, 3.8) is 0 Å². The predicted octanol–water partition coefficient (Wildman–Crippen LogP) is 1.38. The SMILES string of the molecule is CCOC(=O)Cc1cc(N)ccc1OC. The number of hydrogen-bond acceptors (Lipinski definition) is 4. The van der Waals surface area contributed by atoms with Crippen LogP contribution >= 0.6 is 0 Å². The first-order valence-electron chi connectivity index (χ1n) is 4.75. The topological polar surface area (TPSA) is 61.5 Å². The molecule has 0 fully saturated rings. The molecule has 2 N–H and O–H groups in total. The predicted molar refractivity (Wildman–Crippen MR) is 57.7 cm³/mol. The van der Waals surface area contributed by atoms with E-state index in [4.69, 9.17) is 15.2 Å². The van der Waals surface area contributed by atoms with Crippen LogP contribution in [0.25, 0.3) is 0 Å². The van der Waals surface area contributed by atoms with Crippen LogP contribution in [0.2, 0.25) is 0 Å². The molecular formula is C11H15NO3. The van der Waals surface area contributed by atoms with E-state index >= 15 is 0 Å². The van der Waals surface area contributed by atoms with Crippen molar-refractivity contribution in [2.75, 3.05) is 19.5 Å². The number of carbonyl (C=O) groups is 1. The standard InChI is InChI=1S/C11H15NO3/c1-3-15-11(13)7-8-6-9(12)4-5-10(8)14-2/h4-6H,3,7,12H2,1-2H3. The van der Waals surface area contributed by atoms with Crippen molar-refractivity contribution in [2.45, 2.75) is 13.3 Å². The molecule has 1 rings (SSSR count). The highest BCUT2D eigenvalue weighted by Crippen LogP contribution is 2.21. The molecule has 0 saturated heterocycles. The zero-order chi connectivity index (χ0) is 11.3. The Hall–Kier alpha value is -1.71. The summed E-state index contributed by atoms with van der Waals surface area (Å²) in [7, 11) is 1.56. The van der Waals surface area contributed by atoms with Gasteiger partial charge in [0.25, 0.3) is 0 Å². The highest BCUT2D eigenvalue weighted by molar-refractivity contribution is 5.74. The molecule has 82 valence electrons. The Balaban J connectivity index is 2.82. The number of benzene rings is 1. The third-order valence-corrected chi connectivity index (χ3v) is 1.94. The van der Waals surface area contributed by atoms with Crippen LogP contribution in [0.5, 0.6) is 5.75 Å². The van der Waals surface area contributed by atoms with Gasteiger partial charge < -0.3 is 15.2 Å². The van der Waals surface area contributed by atoms with Crippen molar-refractivity contribution in [2.24, 2.45) is 0 Å². The number of anilines is 1. The molecule has 0 spiro atoms. The highest BCUT2D eigenvalue weighted by Gasteiger charge is 2.09. The normalized spacial score (nSPS) is 9.73. The van der Waals surface area contributed by atoms with Gasteiger partial charge in [0.05, 0.1) is 20.1 Å². The summed E-state index contributed by atoms with van der Waals surface area (Å²) in [5.41, 5.74) is 6.98. The minimum Gasteiger partial charge on any atom is -0.496 e. The van der Waals surface area contributed by atoms with Gasteiger partial charge >= 0.3 is 5.97 Å². The summed E-state index contributed by atoms with van der Waals surface area (Å²) in [5, 5.41) is 0. The Kier molecular flexibility index (Phi) is 3.97. The summed E-state index contributed by atoms with van der Waals surface area (Å²) in [4.78, 5) is 11.3. The maximum atomic E-state index is 11.3. The first-order chi connectivity index (χ1) is 7.17. The van der Waals surface area contributed by atoms with Crippen molar-refractivity contribution >= 4 is 11.7 Å². The molecule has 0 amide bonds. The van der Waals surface area contributed by atoms with E-state index in [0.29, 0.717) is 18.0 Å². The molecule has 0 aliphatic carbocycles. The fraction of sp³-hybridized carbons (Fsp3) is 0.364. The van der Waals surface area contributed by atoms with Gasteiger partial charge in [-0.3, -0.25) is 4.79 Å². The molecule has 0 aliphatic heterocycles. The molecule has 0 saturated carbocycles. The summed E-state index contributed by atoms with van der Waals surface area (Å²) in [6.45, 7) is 2.15. The molecule has 0 atom stereocenters. The zero-order valence-electron chi connectivity index (χ0n) is 8.95. The molecular weight excluding hydrogens is 194 g/mol. The highest BCUT2D eigenvalue weighted by atomic mass is 16.5. The molecule has 4 heteroatoms. The number of carbonyl (C=O) groups excluding carboxylic acids is 1. The van der Waals surface area contributed by atoms with Crippen molar-refractivity contribution in [3.05, 3.63) is 23.8 Å². The minimum atomic E-state index is -0.276. The number of nitrogen functional groups attached to an aromatic ring is 1. The zero-order valence-corrected chi connectivity index (χ0v) is 8.95. The van der Waals surface area contributed by atoms with Gasteiger partial charge in [-0.1, -0.05) is 0 Å². The number of ether oxygens (including phenoxy) is 2. The third-order valence-electron chi connectivity index (χ3n) is 1.94. The monoisotopic (exact) mass is 209 g/mol. The second kappa shape index (κ2) is 5.24. The lowest BCUT2D eigenvalue weighted by Crippen LogP contribution is -2.08. The average molecular weight is 209 g/mol. The van der Waals surface area contributed by atoms with E-state index in [1.807, 2.05) is 0 Å². The van der Waals surface area contributed by atoms with Crippen LogP contribution in [0.1, 0.15) is 12.5 Å². The molecule has 0 heterocycles. The number of esters is 1. The van der Waals surface area contributed by atoms with E-state index in [1.165, 1.54) is 0 Å². The van der Waals surface area contributed by atoms with Crippen LogP contribution in [0, 0.1) is 0 Å². The number of rotatable bonds is 4. The molecule has 0 aromatic heterocycles. The number of hydrogen-bond donors (Lipinski definition) is 1. The molecule has 4 nitrogen and oxygen atoms in total. The van der Waals surface area contributed by atoms with E-state index in [1.54, 1.807) is 32.2 Å². The van der Waals surface area contributed by atoms with Crippen LogP contribution in [0.15, 0.2) is 18.2 Å². The van der Waals surface area contributed by atoms with Crippen LogP contribution in [0.4, 0.5) is 5.69 Å². The maximum absolute atomic E-state index is 11.3. The van der Waals surface area contributed by atoms with Crippen LogP contribution in [0.3, 0.4) is 0 Å². The van der Waals surface area contributed by atoms with Gasteiger partial charge in [-0.25, -0.2) is 0 Å². The quantitative estimate of drug-likeness (QED) is 0.601. The second-order valence-electron chi connectivity index (χ2n) is 3.05. The van der Waals surface area contributed by atoms with Crippen LogP contribution in [-0.2, 0) is 16.0 Å². The molecule has 15 heavy (non-hydrogen) atoms. The Morgan fingerprint density at radius 2 is 2.20 bits per heavy atom. The third kappa shape index (κ3) is 3.16. The minimum absolute atomic E-state index is 0.183. The molecule has 0 aliphatic rings. The summed E-state index contributed by atoms with van der Waals surface area (Å²) >= 11 is 0. The van der Waals surface area contributed by atoms with Gasteiger partial charge in [-0.15, -0.1) is 0 Å². The van der Waals surface area contributed by atoms with E-state index in [2.05, 4.69) is 0 Å². The smallest absolute Gasteiger partial charge is 0.310 e. The number of methoxy groups -OCH3 is 1. The molecule has 1 aromatic rings. The molecule has 0 radical (unpaired) electrons. The molecule has 1 aromatic carbocycles. The van der Waals surface area contributed by atoms with Crippen LogP contribution in [-0.4, -0.2) is 19.7 Å². The van der Waals surface area contributed by atoms with E-state index in [-0.39, 0.29) is 12.4 Å². The van der Waals surface area contributed by atoms with Crippen molar-refractivity contribution in [1.82, 2.24) is 0 Å². The molecule has 0 bridgehead atoms. The van der Waals surface area contributed by atoms with Gasteiger partial charge in [0.2, 0.25) is 0 Å². The van der Waals surface area contributed by atoms with E-state index in [0.717, 1.165) is 5.56 Å². The first kappa shape index (κ1) is 11.4. The first-order valence-corrected chi connectivity index (χ1v) is 4.75. The summed E-state index contributed by atoms with van der Waals surface area (Å²) in [6.07, 6.45) is 0.183. The fourth-order valence-electron chi connectivity index (χ4n) is 1.30. The Labute approximate surface area is 89.0 Å². The largest absolute Gasteiger partial charge is 0.496 e. The van der Waals surface area contributed by atoms with Crippen molar-refractivity contribution in [3.8, 4) is 5.75 Å². The van der Waals surface area contributed by atoms with Crippen molar-refractivity contribution < 1.29 is 14.3 Å². The van der Waals surface area contributed by atoms with Crippen molar-refractivity contribution in [1.29, 1.82) is 0 Å². The lowest BCUT2D eigenvalue weighted by atomic mass is 10.1. The van der Waals surface area contributed by atoms with Crippen LogP contribution < -0.4 is 10.5 Å². The summed E-state index contributed by atoms with van der Waals surface area (Å²) in [6, 6.07) is 5.19. The van der Waals surface area contributed by atoms with E-state index in [9.17, 15) is 4.79 Å².